The zero-order valence-corrected chi connectivity index (χ0v) is 9.77. The molecule has 0 radical (unpaired) electrons. The molecule has 86 valence electrons. The normalized spacial score (nSPS) is 14.2. The van der Waals surface area contributed by atoms with Gasteiger partial charge in [0, 0.05) is 14.2 Å². The molecule has 1 aromatic rings. The largest absolute Gasteiger partial charge is 0.384 e. The van der Waals surface area contributed by atoms with E-state index in [9.17, 15) is 5.11 Å². The molecule has 1 unspecified atom stereocenters. The van der Waals surface area contributed by atoms with E-state index in [1.165, 1.54) is 0 Å². The highest BCUT2D eigenvalue weighted by Crippen LogP contribution is 2.33. The number of hydrogen-bond donors (Lipinski definition) is 1. The lowest BCUT2D eigenvalue weighted by Gasteiger charge is -2.34. The molecular formula is C10H19N3O2. The van der Waals surface area contributed by atoms with Crippen LogP contribution in [0.15, 0.2) is 6.20 Å². The van der Waals surface area contributed by atoms with Crippen molar-refractivity contribution in [1.82, 2.24) is 15.0 Å². The van der Waals surface area contributed by atoms with Crippen LogP contribution < -0.4 is 0 Å². The summed E-state index contributed by atoms with van der Waals surface area (Å²) in [5.74, 6) is 0. The second kappa shape index (κ2) is 4.72. The van der Waals surface area contributed by atoms with Crippen molar-refractivity contribution in [3.05, 3.63) is 11.9 Å². The maximum absolute atomic E-state index is 10.3. The van der Waals surface area contributed by atoms with Gasteiger partial charge >= 0.3 is 0 Å². The number of aryl methyl sites for hydroxylation is 1. The first-order valence-electron chi connectivity index (χ1n) is 5.19. The fraction of sp³-hybridized carbons (Fsp3) is 0.800. The van der Waals surface area contributed by atoms with Crippen molar-refractivity contribution in [2.75, 3.05) is 7.11 Å². The summed E-state index contributed by atoms with van der Waals surface area (Å²) in [6.07, 6.45) is 2.36. The average Bonchev–Trinajstić information content (AvgIpc) is 2.67. The second-order valence-electron chi connectivity index (χ2n) is 3.66. The van der Waals surface area contributed by atoms with E-state index in [1.807, 2.05) is 13.8 Å². The van der Waals surface area contributed by atoms with Crippen LogP contribution >= 0.6 is 0 Å². The summed E-state index contributed by atoms with van der Waals surface area (Å²) in [5, 5.41) is 17.8. The third-order valence-corrected chi connectivity index (χ3v) is 3.13. The van der Waals surface area contributed by atoms with Crippen molar-refractivity contribution in [2.45, 2.75) is 38.4 Å². The van der Waals surface area contributed by atoms with Crippen LogP contribution in [0.4, 0.5) is 0 Å². The SMILES string of the molecule is CCC(CC)(OC)C(O)c1cnnn1C. The topological polar surface area (TPSA) is 60.2 Å². The number of methoxy groups -OCH3 is 1. The van der Waals surface area contributed by atoms with Crippen LogP contribution in [0.25, 0.3) is 0 Å². The van der Waals surface area contributed by atoms with Crippen LogP contribution in [0.3, 0.4) is 0 Å². The standard InChI is InChI=1S/C10H19N3O2/c1-5-10(6-2,15-4)9(14)8-7-11-12-13(8)3/h7,9,14H,5-6H2,1-4H3. The second-order valence-corrected chi connectivity index (χ2v) is 3.66. The highest BCUT2D eigenvalue weighted by Gasteiger charge is 2.37. The maximum Gasteiger partial charge on any atom is 0.126 e. The van der Waals surface area contributed by atoms with Crippen molar-refractivity contribution < 1.29 is 9.84 Å². The number of ether oxygens (including phenoxy) is 1. The van der Waals surface area contributed by atoms with Gasteiger partial charge in [-0.1, -0.05) is 19.1 Å². The molecule has 0 saturated carbocycles. The molecule has 0 saturated heterocycles. The minimum absolute atomic E-state index is 0.546. The maximum atomic E-state index is 10.3. The van der Waals surface area contributed by atoms with Gasteiger partial charge in [-0.25, -0.2) is 4.68 Å². The lowest BCUT2D eigenvalue weighted by molar-refractivity contribution is -0.112. The fourth-order valence-electron chi connectivity index (χ4n) is 1.85. The molecule has 0 fully saturated rings. The van der Waals surface area contributed by atoms with Gasteiger partial charge in [0.15, 0.2) is 0 Å². The molecule has 5 heteroatoms. The molecule has 1 atom stereocenters. The number of aromatic nitrogens is 3. The van der Waals surface area contributed by atoms with E-state index in [0.717, 1.165) is 12.8 Å². The first kappa shape index (κ1) is 12.1. The van der Waals surface area contributed by atoms with Crippen LogP contribution in [0.1, 0.15) is 38.5 Å². The lowest BCUT2D eigenvalue weighted by Crippen LogP contribution is -2.38. The summed E-state index contributed by atoms with van der Waals surface area (Å²) in [5.41, 5.74) is 0.135. The molecule has 1 N–H and O–H groups in total. The van der Waals surface area contributed by atoms with E-state index in [0.29, 0.717) is 5.69 Å². The zero-order chi connectivity index (χ0) is 11.5. The number of hydrogen-bond acceptors (Lipinski definition) is 4. The van der Waals surface area contributed by atoms with E-state index < -0.39 is 11.7 Å². The predicted molar refractivity (Wildman–Crippen MR) is 56.3 cm³/mol. The Morgan fingerprint density at radius 3 is 2.47 bits per heavy atom. The Bertz CT molecular complexity index is 299. The monoisotopic (exact) mass is 213 g/mol. The van der Waals surface area contributed by atoms with E-state index in [1.54, 1.807) is 25.0 Å². The summed E-state index contributed by atoms with van der Waals surface area (Å²) in [7, 11) is 3.39. The van der Waals surface area contributed by atoms with E-state index >= 15 is 0 Å². The first-order chi connectivity index (χ1) is 7.11. The van der Waals surface area contributed by atoms with Crippen LogP contribution in [0, 0.1) is 0 Å². The predicted octanol–water partition coefficient (Wildman–Crippen LogP) is 1.05. The number of aliphatic hydroxyl groups excluding tert-OH is 1. The van der Waals surface area contributed by atoms with Gasteiger partial charge < -0.3 is 9.84 Å². The first-order valence-corrected chi connectivity index (χ1v) is 5.19. The Morgan fingerprint density at radius 2 is 2.13 bits per heavy atom. The quantitative estimate of drug-likeness (QED) is 0.794. The molecule has 1 heterocycles. The van der Waals surface area contributed by atoms with Crippen LogP contribution in [0.2, 0.25) is 0 Å². The van der Waals surface area contributed by atoms with Crippen molar-refractivity contribution >= 4 is 0 Å². The molecule has 1 rings (SSSR count). The van der Waals surface area contributed by atoms with Gasteiger partial charge in [-0.15, -0.1) is 5.10 Å². The lowest BCUT2D eigenvalue weighted by atomic mass is 9.88. The molecule has 0 aliphatic carbocycles. The van der Waals surface area contributed by atoms with Gasteiger partial charge in [0.05, 0.1) is 17.5 Å². The average molecular weight is 213 g/mol. The molecule has 1 aromatic heterocycles. The summed E-state index contributed by atoms with van der Waals surface area (Å²) in [6, 6.07) is 0. The number of aliphatic hydroxyl groups is 1. The molecule has 5 nitrogen and oxygen atoms in total. The molecule has 0 aliphatic heterocycles. The zero-order valence-electron chi connectivity index (χ0n) is 9.77. The minimum atomic E-state index is -0.697. The Balaban J connectivity index is 3.00. The minimum Gasteiger partial charge on any atom is -0.384 e. The number of rotatable bonds is 5. The Morgan fingerprint density at radius 1 is 1.53 bits per heavy atom. The van der Waals surface area contributed by atoms with Crippen LogP contribution in [-0.2, 0) is 11.8 Å². The summed E-state index contributed by atoms with van der Waals surface area (Å²) in [6.45, 7) is 4.00. The summed E-state index contributed by atoms with van der Waals surface area (Å²) < 4.78 is 7.03. The Hall–Kier alpha value is -0.940. The van der Waals surface area contributed by atoms with E-state index in [-0.39, 0.29) is 0 Å². The molecule has 0 bridgehead atoms. The molecular weight excluding hydrogens is 194 g/mol. The molecule has 15 heavy (non-hydrogen) atoms. The summed E-state index contributed by atoms with van der Waals surface area (Å²) >= 11 is 0. The van der Waals surface area contributed by atoms with Crippen molar-refractivity contribution in [3.8, 4) is 0 Å². The van der Waals surface area contributed by atoms with E-state index in [2.05, 4.69) is 10.3 Å². The highest BCUT2D eigenvalue weighted by atomic mass is 16.5. The van der Waals surface area contributed by atoms with E-state index in [4.69, 9.17) is 4.74 Å². The van der Waals surface area contributed by atoms with Crippen LogP contribution in [-0.4, -0.2) is 32.8 Å². The summed E-state index contributed by atoms with van der Waals surface area (Å²) in [4.78, 5) is 0. The van der Waals surface area contributed by atoms with Crippen molar-refractivity contribution in [1.29, 1.82) is 0 Å². The third kappa shape index (κ3) is 2.03. The van der Waals surface area contributed by atoms with Gasteiger partial charge in [-0.3, -0.25) is 0 Å². The smallest absolute Gasteiger partial charge is 0.126 e. The van der Waals surface area contributed by atoms with Crippen LogP contribution in [0.5, 0.6) is 0 Å². The Labute approximate surface area is 90.1 Å². The Kier molecular flexibility index (Phi) is 3.82. The molecule has 0 aromatic carbocycles. The molecule has 0 spiro atoms. The number of nitrogens with zero attached hydrogens (tertiary/aromatic N) is 3. The van der Waals surface area contributed by atoms with Gasteiger partial charge in [0.1, 0.15) is 6.10 Å². The fourth-order valence-corrected chi connectivity index (χ4v) is 1.85. The highest BCUT2D eigenvalue weighted by molar-refractivity contribution is 5.06. The third-order valence-electron chi connectivity index (χ3n) is 3.13. The van der Waals surface area contributed by atoms with Crippen molar-refractivity contribution in [3.63, 3.8) is 0 Å². The molecule has 0 aliphatic rings. The van der Waals surface area contributed by atoms with Gasteiger partial charge in [0.2, 0.25) is 0 Å². The van der Waals surface area contributed by atoms with Gasteiger partial charge in [-0.2, -0.15) is 0 Å². The molecule has 0 amide bonds. The van der Waals surface area contributed by atoms with Crippen molar-refractivity contribution in [2.24, 2.45) is 7.05 Å². The van der Waals surface area contributed by atoms with Gasteiger partial charge in [-0.05, 0) is 12.8 Å². The van der Waals surface area contributed by atoms with Gasteiger partial charge in [0.25, 0.3) is 0 Å².